The summed E-state index contributed by atoms with van der Waals surface area (Å²) in [7, 11) is 4.88. The highest BCUT2D eigenvalue weighted by molar-refractivity contribution is 7.11. The van der Waals surface area contributed by atoms with E-state index in [0.29, 0.717) is 37.7 Å². The Morgan fingerprint density at radius 2 is 1.39 bits per heavy atom. The molecule has 4 aromatic rings. The lowest BCUT2D eigenvalue weighted by Crippen LogP contribution is -2.39. The van der Waals surface area contributed by atoms with E-state index in [1.165, 1.54) is 17.7 Å². The molecule has 1 saturated heterocycles. The number of likely N-dealkylation sites (tertiary alicyclic amines) is 1. The van der Waals surface area contributed by atoms with Crippen molar-refractivity contribution in [3.63, 3.8) is 0 Å². The molecule has 2 aliphatic rings. The van der Waals surface area contributed by atoms with E-state index in [0.717, 1.165) is 52.8 Å². The first-order chi connectivity index (χ1) is 21.5. The fourth-order valence-corrected chi connectivity index (χ4v) is 6.73. The van der Waals surface area contributed by atoms with Crippen molar-refractivity contribution >= 4 is 28.9 Å². The van der Waals surface area contributed by atoms with Crippen molar-refractivity contribution in [3.05, 3.63) is 87.2 Å². The van der Waals surface area contributed by atoms with E-state index < -0.39 is 0 Å². The number of amides is 2. The molecule has 4 heterocycles. The van der Waals surface area contributed by atoms with Crippen molar-refractivity contribution < 1.29 is 19.0 Å². The Bertz CT molecular complexity index is 1520. The Labute approximate surface area is 262 Å². The van der Waals surface area contributed by atoms with Crippen molar-refractivity contribution in [1.82, 2.24) is 19.8 Å². The molecule has 1 N–H and O–H groups in total. The summed E-state index contributed by atoms with van der Waals surface area (Å²) >= 11 is 1.77. The number of rotatable bonds is 12. The second-order valence-electron chi connectivity index (χ2n) is 11.0. The third-order valence-corrected chi connectivity index (χ3v) is 9.05. The molecule has 44 heavy (non-hydrogen) atoms. The first-order valence-electron chi connectivity index (χ1n) is 14.8. The van der Waals surface area contributed by atoms with Gasteiger partial charge in [-0.1, -0.05) is 24.3 Å². The van der Waals surface area contributed by atoms with Crippen LogP contribution in [0.3, 0.4) is 0 Å². The van der Waals surface area contributed by atoms with Crippen LogP contribution in [0.1, 0.15) is 39.4 Å². The van der Waals surface area contributed by atoms with Gasteiger partial charge in [-0.2, -0.15) is 9.97 Å². The predicted molar refractivity (Wildman–Crippen MR) is 172 cm³/mol. The zero-order valence-corrected chi connectivity index (χ0v) is 26.2. The molecule has 2 aromatic heterocycles. The SMILES string of the molecule is COc1ccc(CN(Cc2ccc(OC)cc2)c2nc(OC)nc3c2NC(=O)N(Cc2ccc(CN4CCCC4)s2)C3)cc1. The standard InChI is InChI=1S/C33H38N6O4S/c1-41-25-10-6-23(7-11-25)18-38(19-24-8-12-26(42-2)13-9-24)31-30-29(34-32(36-31)43-3)22-39(33(40)35-30)21-28-15-14-27(44-28)20-37-16-4-5-17-37/h6-15H,4-5,16-22H2,1-3H3,(H,35,40). The lowest BCUT2D eigenvalue weighted by molar-refractivity contribution is 0.203. The van der Waals surface area contributed by atoms with E-state index in [1.54, 1.807) is 37.6 Å². The van der Waals surface area contributed by atoms with E-state index in [9.17, 15) is 4.79 Å². The first-order valence-corrected chi connectivity index (χ1v) is 15.6. The average Bonchev–Trinajstić information content (AvgIpc) is 3.74. The Balaban J connectivity index is 1.27. The normalized spacial score (nSPS) is 14.7. The van der Waals surface area contributed by atoms with Crippen LogP contribution in [-0.4, -0.2) is 60.2 Å². The fourth-order valence-electron chi connectivity index (χ4n) is 5.65. The molecule has 0 unspecified atom stereocenters. The molecule has 0 bridgehead atoms. The Morgan fingerprint density at radius 3 is 1.95 bits per heavy atom. The third-order valence-electron chi connectivity index (χ3n) is 7.99. The summed E-state index contributed by atoms with van der Waals surface area (Å²) in [5.74, 6) is 2.19. The number of anilines is 2. The maximum atomic E-state index is 13.5. The van der Waals surface area contributed by atoms with Gasteiger partial charge in [-0.05, 0) is 73.5 Å². The summed E-state index contributed by atoms with van der Waals surface area (Å²) < 4.78 is 16.3. The monoisotopic (exact) mass is 614 g/mol. The minimum atomic E-state index is -0.171. The molecular weight excluding hydrogens is 576 g/mol. The van der Waals surface area contributed by atoms with Crippen LogP contribution in [0.4, 0.5) is 16.3 Å². The van der Waals surface area contributed by atoms with E-state index >= 15 is 0 Å². The zero-order valence-electron chi connectivity index (χ0n) is 25.4. The Hall–Kier alpha value is -4.35. The largest absolute Gasteiger partial charge is 0.497 e. The van der Waals surface area contributed by atoms with Gasteiger partial charge in [0, 0.05) is 29.4 Å². The number of benzene rings is 2. The van der Waals surface area contributed by atoms with Gasteiger partial charge in [0.15, 0.2) is 5.82 Å². The average molecular weight is 615 g/mol. The number of hydrogen-bond acceptors (Lipinski definition) is 9. The molecule has 6 rings (SSSR count). The number of nitrogens with zero attached hydrogens (tertiary/aromatic N) is 5. The molecular formula is C33H38N6O4S. The Morgan fingerprint density at radius 1 is 0.795 bits per heavy atom. The van der Waals surface area contributed by atoms with Gasteiger partial charge in [0.25, 0.3) is 0 Å². The molecule has 10 nitrogen and oxygen atoms in total. The van der Waals surface area contributed by atoms with E-state index in [2.05, 4.69) is 32.2 Å². The lowest BCUT2D eigenvalue weighted by Gasteiger charge is -2.33. The number of ether oxygens (including phenoxy) is 3. The maximum Gasteiger partial charge on any atom is 0.322 e. The quantitative estimate of drug-likeness (QED) is 0.211. The highest BCUT2D eigenvalue weighted by Gasteiger charge is 2.30. The second kappa shape index (κ2) is 13.5. The van der Waals surface area contributed by atoms with Crippen molar-refractivity contribution in [2.75, 3.05) is 44.6 Å². The Kier molecular flexibility index (Phi) is 9.13. The van der Waals surface area contributed by atoms with Crippen LogP contribution in [-0.2, 0) is 32.7 Å². The van der Waals surface area contributed by atoms with Crippen LogP contribution in [0.5, 0.6) is 17.5 Å². The highest BCUT2D eigenvalue weighted by atomic mass is 32.1. The molecule has 0 spiro atoms. The molecule has 230 valence electrons. The maximum absolute atomic E-state index is 13.5. The smallest absolute Gasteiger partial charge is 0.322 e. The van der Waals surface area contributed by atoms with Crippen LogP contribution in [0.25, 0.3) is 0 Å². The van der Waals surface area contributed by atoms with E-state index in [4.69, 9.17) is 19.2 Å². The number of carbonyl (C=O) groups is 1. The van der Waals surface area contributed by atoms with Gasteiger partial charge in [-0.15, -0.1) is 11.3 Å². The van der Waals surface area contributed by atoms with Gasteiger partial charge in [0.05, 0.1) is 40.1 Å². The lowest BCUT2D eigenvalue weighted by atomic mass is 10.1. The van der Waals surface area contributed by atoms with Gasteiger partial charge >= 0.3 is 12.0 Å². The number of methoxy groups -OCH3 is 3. The van der Waals surface area contributed by atoms with Gasteiger partial charge < -0.3 is 29.3 Å². The molecule has 11 heteroatoms. The molecule has 0 radical (unpaired) electrons. The van der Waals surface area contributed by atoms with E-state index in [-0.39, 0.29) is 12.0 Å². The summed E-state index contributed by atoms with van der Waals surface area (Å²) in [6, 6.07) is 20.3. The van der Waals surface area contributed by atoms with Crippen LogP contribution >= 0.6 is 11.3 Å². The summed E-state index contributed by atoms with van der Waals surface area (Å²) in [4.78, 5) is 31.9. The third kappa shape index (κ3) is 6.89. The molecule has 2 aliphatic heterocycles. The van der Waals surface area contributed by atoms with Crippen LogP contribution < -0.4 is 24.4 Å². The molecule has 0 atom stereocenters. The minimum absolute atomic E-state index is 0.171. The molecule has 0 saturated carbocycles. The number of thiophene rings is 1. The van der Waals surface area contributed by atoms with Gasteiger partial charge in [0.2, 0.25) is 0 Å². The number of urea groups is 1. The highest BCUT2D eigenvalue weighted by Crippen LogP contribution is 2.36. The van der Waals surface area contributed by atoms with Crippen molar-refractivity contribution in [3.8, 4) is 17.5 Å². The van der Waals surface area contributed by atoms with E-state index in [1.807, 2.05) is 48.5 Å². The van der Waals surface area contributed by atoms with Gasteiger partial charge in [-0.25, -0.2) is 4.79 Å². The zero-order chi connectivity index (χ0) is 30.5. The number of aromatic nitrogens is 2. The molecule has 0 aliphatic carbocycles. The number of hydrogen-bond donors (Lipinski definition) is 1. The number of carbonyl (C=O) groups excluding carboxylic acids is 1. The van der Waals surface area contributed by atoms with Crippen molar-refractivity contribution in [2.24, 2.45) is 0 Å². The van der Waals surface area contributed by atoms with Gasteiger partial charge in [-0.3, -0.25) is 4.90 Å². The molecule has 2 aromatic carbocycles. The van der Waals surface area contributed by atoms with Crippen LogP contribution in [0.15, 0.2) is 60.7 Å². The summed E-state index contributed by atoms with van der Waals surface area (Å²) in [5, 5.41) is 3.13. The first kappa shape index (κ1) is 29.7. The van der Waals surface area contributed by atoms with Gasteiger partial charge in [0.1, 0.15) is 17.2 Å². The summed E-state index contributed by atoms with van der Waals surface area (Å²) in [6.45, 7) is 5.25. The van der Waals surface area contributed by atoms with Crippen molar-refractivity contribution in [1.29, 1.82) is 0 Å². The molecule has 1 fully saturated rings. The number of fused-ring (bicyclic) bond motifs is 1. The predicted octanol–water partition coefficient (Wildman–Crippen LogP) is 5.91. The second-order valence-corrected chi connectivity index (χ2v) is 12.3. The number of nitrogens with one attached hydrogen (secondary N) is 1. The summed E-state index contributed by atoms with van der Waals surface area (Å²) in [5.41, 5.74) is 3.46. The fraction of sp³-hybridized carbons (Fsp3) is 0.364. The molecule has 2 amide bonds. The van der Waals surface area contributed by atoms with Crippen molar-refractivity contribution in [2.45, 2.75) is 45.6 Å². The minimum Gasteiger partial charge on any atom is -0.497 e. The van der Waals surface area contributed by atoms with Crippen LogP contribution in [0, 0.1) is 0 Å². The van der Waals surface area contributed by atoms with Crippen LogP contribution in [0.2, 0.25) is 0 Å². The topological polar surface area (TPSA) is 92.3 Å². The summed E-state index contributed by atoms with van der Waals surface area (Å²) in [6.07, 6.45) is 2.55.